The van der Waals surface area contributed by atoms with Crippen LogP contribution in [0.15, 0.2) is 41.0 Å². The van der Waals surface area contributed by atoms with Gasteiger partial charge in [0.05, 0.1) is 16.6 Å². The Kier molecular flexibility index (Phi) is 6.11. The maximum Gasteiger partial charge on any atom is 0.416 e. The lowest BCUT2D eigenvalue weighted by molar-refractivity contribution is -0.138. The lowest BCUT2D eigenvalue weighted by Gasteiger charge is -2.14. The Morgan fingerprint density at radius 2 is 1.82 bits per heavy atom. The van der Waals surface area contributed by atoms with E-state index in [1.54, 1.807) is 18.3 Å². The summed E-state index contributed by atoms with van der Waals surface area (Å²) in [5, 5.41) is 3.06. The van der Waals surface area contributed by atoms with Gasteiger partial charge in [-0.05, 0) is 40.2 Å². The van der Waals surface area contributed by atoms with E-state index in [1.165, 1.54) is 17.4 Å². The SMILES string of the molecule is Fc1cc(C(F)(F)F)cc(F)c1Oc1cc(NCc2cnc(Cl)s2)ccc1Br. The van der Waals surface area contributed by atoms with Crippen molar-refractivity contribution in [3.8, 4) is 11.5 Å². The minimum Gasteiger partial charge on any atom is -0.450 e. The van der Waals surface area contributed by atoms with Gasteiger partial charge in [0.25, 0.3) is 0 Å². The zero-order valence-corrected chi connectivity index (χ0v) is 16.7. The molecule has 0 fully saturated rings. The highest BCUT2D eigenvalue weighted by atomic mass is 79.9. The number of alkyl halides is 3. The third-order valence-electron chi connectivity index (χ3n) is 3.46. The number of rotatable bonds is 5. The van der Waals surface area contributed by atoms with Crippen LogP contribution in [-0.4, -0.2) is 4.98 Å². The van der Waals surface area contributed by atoms with Crippen LogP contribution in [0.1, 0.15) is 10.4 Å². The number of nitrogens with one attached hydrogen (secondary N) is 1. The predicted octanol–water partition coefficient (Wildman–Crippen LogP) is 7.26. The van der Waals surface area contributed by atoms with Crippen LogP contribution in [0, 0.1) is 11.6 Å². The van der Waals surface area contributed by atoms with Crippen LogP contribution >= 0.6 is 38.9 Å². The van der Waals surface area contributed by atoms with Crippen molar-refractivity contribution in [2.75, 3.05) is 5.32 Å². The molecular weight excluding hydrogens is 491 g/mol. The van der Waals surface area contributed by atoms with E-state index in [2.05, 4.69) is 26.2 Å². The molecule has 1 N–H and O–H groups in total. The van der Waals surface area contributed by atoms with Gasteiger partial charge in [-0.25, -0.2) is 13.8 Å². The van der Waals surface area contributed by atoms with E-state index in [0.29, 0.717) is 21.2 Å². The molecule has 0 aliphatic rings. The van der Waals surface area contributed by atoms with E-state index in [1.807, 2.05) is 0 Å². The number of aromatic nitrogens is 1. The molecule has 11 heteroatoms. The van der Waals surface area contributed by atoms with Crippen molar-refractivity contribution < 1.29 is 26.7 Å². The Morgan fingerprint density at radius 1 is 1.14 bits per heavy atom. The van der Waals surface area contributed by atoms with Gasteiger partial charge in [0.2, 0.25) is 0 Å². The topological polar surface area (TPSA) is 34.1 Å². The molecule has 0 aliphatic carbocycles. The van der Waals surface area contributed by atoms with E-state index in [9.17, 15) is 22.0 Å². The first kappa shape index (κ1) is 20.8. The number of ether oxygens (including phenoxy) is 1. The molecule has 2 aromatic carbocycles. The molecule has 0 unspecified atom stereocenters. The van der Waals surface area contributed by atoms with Crippen molar-refractivity contribution in [3.05, 3.63) is 67.5 Å². The first-order chi connectivity index (χ1) is 13.1. The van der Waals surface area contributed by atoms with Gasteiger partial charge in [0, 0.05) is 22.8 Å². The molecule has 1 aromatic heterocycles. The molecule has 3 nitrogen and oxygen atoms in total. The summed E-state index contributed by atoms with van der Waals surface area (Å²) in [6, 6.07) is 5.06. The van der Waals surface area contributed by atoms with Crippen LogP contribution < -0.4 is 10.1 Å². The van der Waals surface area contributed by atoms with Crippen LogP contribution in [0.2, 0.25) is 4.47 Å². The van der Waals surface area contributed by atoms with Crippen molar-refractivity contribution in [1.29, 1.82) is 0 Å². The monoisotopic (exact) mass is 498 g/mol. The summed E-state index contributed by atoms with van der Waals surface area (Å²) < 4.78 is 71.9. The molecule has 28 heavy (non-hydrogen) atoms. The van der Waals surface area contributed by atoms with E-state index in [4.69, 9.17) is 16.3 Å². The highest BCUT2D eigenvalue weighted by molar-refractivity contribution is 9.10. The van der Waals surface area contributed by atoms with Gasteiger partial charge >= 0.3 is 6.18 Å². The predicted molar refractivity (Wildman–Crippen MR) is 100 cm³/mol. The highest BCUT2D eigenvalue weighted by Crippen LogP contribution is 2.38. The summed E-state index contributed by atoms with van der Waals surface area (Å²) in [5.74, 6) is -3.83. The molecule has 148 valence electrons. The molecule has 0 bridgehead atoms. The standard InChI is InChI=1S/C17H9BrClF5N2OS/c18-11-2-1-9(25-6-10-7-26-16(19)28-10)5-14(11)27-15-12(20)3-8(4-13(15)21)17(22,23)24/h1-5,7,25H,6H2. The highest BCUT2D eigenvalue weighted by Gasteiger charge is 2.33. The van der Waals surface area contributed by atoms with Crippen molar-refractivity contribution in [2.24, 2.45) is 0 Å². The second-order valence-electron chi connectivity index (χ2n) is 5.45. The number of hydrogen-bond donors (Lipinski definition) is 1. The van der Waals surface area contributed by atoms with Crippen LogP contribution in [0.5, 0.6) is 11.5 Å². The Morgan fingerprint density at radius 3 is 2.39 bits per heavy atom. The lowest BCUT2D eigenvalue weighted by Crippen LogP contribution is -2.07. The average Bonchev–Trinajstić information content (AvgIpc) is 3.02. The molecular formula is C17H9BrClF5N2OS. The molecule has 0 radical (unpaired) electrons. The van der Waals surface area contributed by atoms with Gasteiger partial charge in [-0.3, -0.25) is 0 Å². The summed E-state index contributed by atoms with van der Waals surface area (Å²) in [4.78, 5) is 4.77. The zero-order valence-electron chi connectivity index (χ0n) is 13.6. The maximum atomic E-state index is 14.0. The van der Waals surface area contributed by atoms with Gasteiger partial charge < -0.3 is 10.1 Å². The van der Waals surface area contributed by atoms with Crippen LogP contribution in [0.4, 0.5) is 27.6 Å². The van der Waals surface area contributed by atoms with Crippen LogP contribution in [-0.2, 0) is 12.7 Å². The third kappa shape index (κ3) is 4.92. The fourth-order valence-electron chi connectivity index (χ4n) is 2.18. The van der Waals surface area contributed by atoms with Crippen molar-refractivity contribution in [1.82, 2.24) is 4.98 Å². The summed E-state index contributed by atoms with van der Waals surface area (Å²) in [5.41, 5.74) is -0.886. The Bertz CT molecular complexity index is 988. The summed E-state index contributed by atoms with van der Waals surface area (Å²) in [6.07, 6.45) is -3.27. The summed E-state index contributed by atoms with van der Waals surface area (Å²) in [7, 11) is 0. The Hall–Kier alpha value is -1.91. The van der Waals surface area contributed by atoms with E-state index in [-0.39, 0.29) is 17.9 Å². The van der Waals surface area contributed by atoms with E-state index >= 15 is 0 Å². The summed E-state index contributed by atoms with van der Waals surface area (Å²) >= 11 is 10.2. The lowest BCUT2D eigenvalue weighted by atomic mass is 10.2. The van der Waals surface area contributed by atoms with Gasteiger partial charge in [-0.1, -0.05) is 11.6 Å². The maximum absolute atomic E-state index is 14.0. The fourth-order valence-corrected chi connectivity index (χ4v) is 3.42. The minimum absolute atomic E-state index is 0.0184. The summed E-state index contributed by atoms with van der Waals surface area (Å²) in [6.45, 7) is 0.397. The molecule has 0 atom stereocenters. The van der Waals surface area contributed by atoms with Crippen molar-refractivity contribution in [2.45, 2.75) is 12.7 Å². The van der Waals surface area contributed by atoms with Crippen LogP contribution in [0.25, 0.3) is 0 Å². The fraction of sp³-hybridized carbons (Fsp3) is 0.118. The molecule has 3 rings (SSSR count). The smallest absolute Gasteiger partial charge is 0.416 e. The van der Waals surface area contributed by atoms with Gasteiger partial charge in [-0.2, -0.15) is 13.2 Å². The van der Waals surface area contributed by atoms with Crippen LogP contribution in [0.3, 0.4) is 0 Å². The van der Waals surface area contributed by atoms with Crippen molar-refractivity contribution in [3.63, 3.8) is 0 Å². The molecule has 0 saturated heterocycles. The second kappa shape index (κ2) is 8.22. The number of benzene rings is 2. The largest absolute Gasteiger partial charge is 0.450 e. The molecule has 0 saturated carbocycles. The van der Waals surface area contributed by atoms with Gasteiger partial charge in [0.1, 0.15) is 5.75 Å². The number of nitrogens with zero attached hydrogens (tertiary/aromatic N) is 1. The van der Waals surface area contributed by atoms with E-state index in [0.717, 1.165) is 4.88 Å². The first-order valence-electron chi connectivity index (χ1n) is 7.51. The number of anilines is 1. The molecule has 0 amide bonds. The Balaban J connectivity index is 1.82. The number of hydrogen-bond acceptors (Lipinski definition) is 4. The third-order valence-corrected chi connectivity index (χ3v) is 5.23. The van der Waals surface area contributed by atoms with Gasteiger partial charge in [-0.15, -0.1) is 11.3 Å². The average molecular weight is 500 g/mol. The van der Waals surface area contributed by atoms with Gasteiger partial charge in [0.15, 0.2) is 21.9 Å². The molecule has 0 spiro atoms. The first-order valence-corrected chi connectivity index (χ1v) is 9.50. The number of thiazole rings is 1. The van der Waals surface area contributed by atoms with Crippen molar-refractivity contribution >= 4 is 44.6 Å². The second-order valence-corrected chi connectivity index (χ2v) is 8.00. The molecule has 0 aliphatic heterocycles. The number of halogens is 7. The minimum atomic E-state index is -4.87. The molecule has 3 aromatic rings. The quantitative estimate of drug-likeness (QED) is 0.375. The normalized spacial score (nSPS) is 11.5. The van der Waals surface area contributed by atoms with E-state index < -0.39 is 29.1 Å². The Labute approximate surface area is 173 Å². The molecule has 1 heterocycles. The zero-order chi connectivity index (χ0) is 20.5.